The summed E-state index contributed by atoms with van der Waals surface area (Å²) in [5.74, 6) is 0.801. The third-order valence-corrected chi connectivity index (χ3v) is 5.56. The fraction of sp³-hybridized carbons (Fsp3) is 0.300. The lowest BCUT2D eigenvalue weighted by molar-refractivity contribution is -0.130. The van der Waals surface area contributed by atoms with E-state index in [0.717, 1.165) is 17.0 Å². The lowest BCUT2D eigenvalue weighted by atomic mass is 10.1. The predicted molar refractivity (Wildman–Crippen MR) is 109 cm³/mol. The first-order valence-electron chi connectivity index (χ1n) is 9.11. The fourth-order valence-corrected chi connectivity index (χ4v) is 3.91. The standard InChI is InChI=1S/C20H23N5O2S/c1-4-24(5-2)19(26)18(15-9-7-6-8-10-15)28-20-21-22-23-25(20)16-11-13-17(27-3)14-12-16/h6-14,18H,4-5H2,1-3H3. The first-order valence-corrected chi connectivity index (χ1v) is 9.99. The highest BCUT2D eigenvalue weighted by Crippen LogP contribution is 2.36. The molecule has 8 heteroatoms. The SMILES string of the molecule is CCN(CC)C(=O)C(Sc1nnnn1-c1ccc(OC)cc1)c1ccccc1. The summed E-state index contributed by atoms with van der Waals surface area (Å²) in [5.41, 5.74) is 1.73. The Kier molecular flexibility index (Phi) is 6.65. The molecule has 0 spiro atoms. The molecule has 0 aliphatic heterocycles. The van der Waals surface area contributed by atoms with E-state index in [0.29, 0.717) is 18.2 Å². The van der Waals surface area contributed by atoms with Crippen LogP contribution in [0.2, 0.25) is 0 Å². The summed E-state index contributed by atoms with van der Waals surface area (Å²) in [5, 5.41) is 12.2. The highest BCUT2D eigenvalue weighted by Gasteiger charge is 2.28. The van der Waals surface area contributed by atoms with Crippen LogP contribution >= 0.6 is 11.8 Å². The zero-order valence-electron chi connectivity index (χ0n) is 16.1. The molecule has 0 radical (unpaired) electrons. The zero-order chi connectivity index (χ0) is 19.9. The number of carbonyl (C=O) groups is 1. The number of ether oxygens (including phenoxy) is 1. The number of nitrogens with zero attached hydrogens (tertiary/aromatic N) is 5. The maximum Gasteiger partial charge on any atom is 0.240 e. The van der Waals surface area contributed by atoms with E-state index in [1.165, 1.54) is 11.8 Å². The van der Waals surface area contributed by atoms with Crippen molar-refractivity contribution >= 4 is 17.7 Å². The number of thioether (sulfide) groups is 1. The molecule has 0 aliphatic rings. The average Bonchev–Trinajstić information content (AvgIpc) is 3.21. The Bertz CT molecular complexity index is 894. The minimum atomic E-state index is -0.427. The summed E-state index contributed by atoms with van der Waals surface area (Å²) in [7, 11) is 1.62. The fourth-order valence-electron chi connectivity index (χ4n) is 2.83. The Morgan fingerprint density at radius 2 is 1.79 bits per heavy atom. The Labute approximate surface area is 168 Å². The van der Waals surface area contributed by atoms with Gasteiger partial charge in [0.2, 0.25) is 11.1 Å². The van der Waals surface area contributed by atoms with Crippen molar-refractivity contribution < 1.29 is 9.53 Å². The number of carbonyl (C=O) groups excluding carboxylic acids is 1. The van der Waals surface area contributed by atoms with Gasteiger partial charge in [0.05, 0.1) is 12.8 Å². The third kappa shape index (κ3) is 4.33. The second-order valence-corrected chi connectivity index (χ2v) is 7.06. The van der Waals surface area contributed by atoms with Crippen LogP contribution < -0.4 is 4.74 Å². The van der Waals surface area contributed by atoms with E-state index < -0.39 is 5.25 Å². The van der Waals surface area contributed by atoms with Crippen LogP contribution in [0.4, 0.5) is 0 Å². The van der Waals surface area contributed by atoms with Gasteiger partial charge in [0.25, 0.3) is 0 Å². The number of likely N-dealkylation sites (N-methyl/N-ethyl adjacent to an activating group) is 1. The van der Waals surface area contributed by atoms with Gasteiger partial charge in [-0.2, -0.15) is 4.68 Å². The Hall–Kier alpha value is -2.87. The van der Waals surface area contributed by atoms with Crippen LogP contribution in [-0.2, 0) is 4.79 Å². The zero-order valence-corrected chi connectivity index (χ0v) is 17.0. The quantitative estimate of drug-likeness (QED) is 0.543. The summed E-state index contributed by atoms with van der Waals surface area (Å²) in [6.07, 6.45) is 0. The van der Waals surface area contributed by atoms with E-state index in [4.69, 9.17) is 4.74 Å². The van der Waals surface area contributed by atoms with Crippen molar-refractivity contribution in [2.75, 3.05) is 20.2 Å². The van der Waals surface area contributed by atoms with Crippen LogP contribution in [0.3, 0.4) is 0 Å². The molecule has 2 aromatic carbocycles. The average molecular weight is 398 g/mol. The number of methoxy groups -OCH3 is 1. The van der Waals surface area contributed by atoms with Crippen molar-refractivity contribution in [2.24, 2.45) is 0 Å². The van der Waals surface area contributed by atoms with Crippen LogP contribution in [-0.4, -0.2) is 51.2 Å². The molecule has 1 unspecified atom stereocenters. The van der Waals surface area contributed by atoms with Gasteiger partial charge in [-0.3, -0.25) is 4.79 Å². The molecule has 0 saturated heterocycles. The third-order valence-electron chi connectivity index (χ3n) is 4.38. The molecule has 28 heavy (non-hydrogen) atoms. The van der Waals surface area contributed by atoms with Crippen LogP contribution in [0.1, 0.15) is 24.7 Å². The molecule has 1 aromatic heterocycles. The minimum absolute atomic E-state index is 0.0467. The van der Waals surface area contributed by atoms with Gasteiger partial charge in [0, 0.05) is 13.1 Å². The van der Waals surface area contributed by atoms with E-state index in [9.17, 15) is 4.79 Å². The van der Waals surface area contributed by atoms with Crippen molar-refractivity contribution in [3.8, 4) is 11.4 Å². The molecule has 0 aliphatic carbocycles. The van der Waals surface area contributed by atoms with E-state index in [1.54, 1.807) is 11.8 Å². The maximum absolute atomic E-state index is 13.2. The van der Waals surface area contributed by atoms with Gasteiger partial charge in [0.1, 0.15) is 11.0 Å². The molecule has 1 atom stereocenters. The first kappa shape index (κ1) is 19.9. The monoisotopic (exact) mass is 397 g/mol. The number of amides is 1. The van der Waals surface area contributed by atoms with E-state index in [2.05, 4.69) is 15.5 Å². The van der Waals surface area contributed by atoms with Crippen molar-refractivity contribution in [1.29, 1.82) is 0 Å². The summed E-state index contributed by atoms with van der Waals surface area (Å²) >= 11 is 1.35. The molecule has 7 nitrogen and oxygen atoms in total. The Balaban J connectivity index is 1.93. The van der Waals surface area contributed by atoms with Crippen LogP contribution in [0, 0.1) is 0 Å². The highest BCUT2D eigenvalue weighted by atomic mass is 32.2. The molecule has 1 heterocycles. The smallest absolute Gasteiger partial charge is 0.240 e. The molecule has 3 rings (SSSR count). The van der Waals surface area contributed by atoms with Crippen molar-refractivity contribution in [1.82, 2.24) is 25.1 Å². The number of benzene rings is 2. The Morgan fingerprint density at radius 3 is 2.39 bits per heavy atom. The number of hydrogen-bond donors (Lipinski definition) is 0. The molecule has 3 aromatic rings. The van der Waals surface area contributed by atoms with Crippen molar-refractivity contribution in [3.05, 3.63) is 60.2 Å². The summed E-state index contributed by atoms with van der Waals surface area (Å²) in [6, 6.07) is 17.2. The molecular formula is C20H23N5O2S. The minimum Gasteiger partial charge on any atom is -0.497 e. The van der Waals surface area contributed by atoms with Gasteiger partial charge in [-0.25, -0.2) is 0 Å². The van der Waals surface area contributed by atoms with Crippen LogP contribution in [0.15, 0.2) is 59.8 Å². The maximum atomic E-state index is 13.2. The van der Waals surface area contributed by atoms with Crippen LogP contribution in [0.25, 0.3) is 5.69 Å². The van der Waals surface area contributed by atoms with E-state index in [1.807, 2.05) is 73.3 Å². The van der Waals surface area contributed by atoms with Gasteiger partial charge < -0.3 is 9.64 Å². The molecule has 146 valence electrons. The van der Waals surface area contributed by atoms with Crippen molar-refractivity contribution in [2.45, 2.75) is 24.3 Å². The number of tetrazole rings is 1. The van der Waals surface area contributed by atoms with Gasteiger partial charge >= 0.3 is 0 Å². The van der Waals surface area contributed by atoms with E-state index >= 15 is 0 Å². The number of aromatic nitrogens is 4. The number of rotatable bonds is 8. The normalized spacial score (nSPS) is 11.8. The number of hydrogen-bond acceptors (Lipinski definition) is 6. The molecule has 1 amide bonds. The predicted octanol–water partition coefficient (Wildman–Crippen LogP) is 3.37. The lowest BCUT2D eigenvalue weighted by Gasteiger charge is -2.24. The molecule has 0 bridgehead atoms. The molecule has 0 fully saturated rings. The summed E-state index contributed by atoms with van der Waals surface area (Å²) in [6.45, 7) is 5.27. The molecule has 0 saturated carbocycles. The molecule has 0 N–H and O–H groups in total. The highest BCUT2D eigenvalue weighted by molar-refractivity contribution is 8.00. The first-order chi connectivity index (χ1) is 13.7. The lowest BCUT2D eigenvalue weighted by Crippen LogP contribution is -2.34. The van der Waals surface area contributed by atoms with Gasteiger partial charge in [-0.05, 0) is 54.1 Å². The second-order valence-electron chi connectivity index (χ2n) is 5.99. The van der Waals surface area contributed by atoms with Gasteiger partial charge in [-0.15, -0.1) is 5.10 Å². The molecular weight excluding hydrogens is 374 g/mol. The van der Waals surface area contributed by atoms with Gasteiger partial charge in [0.15, 0.2) is 0 Å². The Morgan fingerprint density at radius 1 is 1.11 bits per heavy atom. The van der Waals surface area contributed by atoms with Crippen LogP contribution in [0.5, 0.6) is 5.75 Å². The second kappa shape index (κ2) is 9.36. The summed E-state index contributed by atoms with van der Waals surface area (Å²) < 4.78 is 6.84. The topological polar surface area (TPSA) is 73.1 Å². The van der Waals surface area contributed by atoms with Gasteiger partial charge in [-0.1, -0.05) is 42.1 Å². The summed E-state index contributed by atoms with van der Waals surface area (Å²) in [4.78, 5) is 15.0. The van der Waals surface area contributed by atoms with Crippen molar-refractivity contribution in [3.63, 3.8) is 0 Å². The van der Waals surface area contributed by atoms with E-state index in [-0.39, 0.29) is 5.91 Å². The largest absolute Gasteiger partial charge is 0.497 e.